The van der Waals surface area contributed by atoms with E-state index in [1.807, 2.05) is 0 Å². The van der Waals surface area contributed by atoms with E-state index >= 15 is 0 Å². The summed E-state index contributed by atoms with van der Waals surface area (Å²) in [6, 6.07) is 6.48. The third kappa shape index (κ3) is 1.81. The molecule has 15 heavy (non-hydrogen) atoms. The van der Waals surface area contributed by atoms with Gasteiger partial charge in [0.15, 0.2) is 0 Å². The van der Waals surface area contributed by atoms with Crippen LogP contribution in [-0.2, 0) is 6.42 Å². The fourth-order valence-corrected chi connectivity index (χ4v) is 2.19. The van der Waals surface area contributed by atoms with Crippen LogP contribution in [0.4, 0.5) is 5.69 Å². The molecule has 0 aromatic heterocycles. The fraction of sp³-hybridized carbons (Fsp3) is 0.538. The lowest BCUT2D eigenvalue weighted by Gasteiger charge is -2.27. The van der Waals surface area contributed by atoms with Crippen molar-refractivity contribution in [3.05, 3.63) is 23.8 Å². The van der Waals surface area contributed by atoms with Crippen LogP contribution in [0.2, 0.25) is 0 Å². The number of fused-ring (bicyclic) bond motifs is 1. The molecule has 0 saturated heterocycles. The second kappa shape index (κ2) is 3.76. The molecule has 1 saturated carbocycles. The highest BCUT2D eigenvalue weighted by molar-refractivity contribution is 5.56. The molecule has 1 aromatic rings. The first-order valence-electron chi connectivity index (χ1n) is 5.95. The zero-order chi connectivity index (χ0) is 10.1. The maximum atomic E-state index is 5.88. The standard InChI is InChI=1S/C13H17NO/c1-4-11(5-1)15-12-7-6-10-3-2-8-14-13(10)9-12/h6-7,9,11,14H,1-5,8H2. The predicted molar refractivity (Wildman–Crippen MR) is 61.5 cm³/mol. The molecule has 0 bridgehead atoms. The summed E-state index contributed by atoms with van der Waals surface area (Å²) in [4.78, 5) is 0. The van der Waals surface area contributed by atoms with Crippen LogP contribution in [0.15, 0.2) is 18.2 Å². The first kappa shape index (κ1) is 9.08. The maximum absolute atomic E-state index is 5.88. The van der Waals surface area contributed by atoms with E-state index < -0.39 is 0 Å². The van der Waals surface area contributed by atoms with Gasteiger partial charge < -0.3 is 10.1 Å². The van der Waals surface area contributed by atoms with Gasteiger partial charge in [0.1, 0.15) is 5.75 Å². The summed E-state index contributed by atoms with van der Waals surface area (Å²) < 4.78 is 5.88. The minimum absolute atomic E-state index is 0.478. The normalized spacial score (nSPS) is 20.0. The Bertz CT molecular complexity index is 358. The van der Waals surface area contributed by atoms with Crippen LogP contribution >= 0.6 is 0 Å². The highest BCUT2D eigenvalue weighted by Crippen LogP contribution is 2.30. The topological polar surface area (TPSA) is 21.3 Å². The number of hydrogen-bond acceptors (Lipinski definition) is 2. The Balaban J connectivity index is 1.77. The quantitative estimate of drug-likeness (QED) is 0.797. The molecule has 2 nitrogen and oxygen atoms in total. The maximum Gasteiger partial charge on any atom is 0.121 e. The Kier molecular flexibility index (Phi) is 2.28. The summed E-state index contributed by atoms with van der Waals surface area (Å²) in [5.74, 6) is 1.04. The second-order valence-electron chi connectivity index (χ2n) is 4.52. The zero-order valence-corrected chi connectivity index (χ0v) is 8.96. The minimum atomic E-state index is 0.478. The summed E-state index contributed by atoms with van der Waals surface area (Å²) >= 11 is 0. The third-order valence-corrected chi connectivity index (χ3v) is 3.37. The minimum Gasteiger partial charge on any atom is -0.490 e. The summed E-state index contributed by atoms with van der Waals surface area (Å²) in [7, 11) is 0. The van der Waals surface area contributed by atoms with Gasteiger partial charge in [0, 0.05) is 18.3 Å². The van der Waals surface area contributed by atoms with Crippen LogP contribution in [0, 0.1) is 0 Å². The molecule has 1 aromatic carbocycles. The van der Waals surface area contributed by atoms with E-state index in [2.05, 4.69) is 23.5 Å². The lowest BCUT2D eigenvalue weighted by molar-refractivity contribution is 0.120. The molecule has 2 aliphatic rings. The summed E-state index contributed by atoms with van der Waals surface area (Å²) in [6.45, 7) is 1.10. The van der Waals surface area contributed by atoms with Gasteiger partial charge in [-0.1, -0.05) is 6.07 Å². The molecule has 0 spiro atoms. The van der Waals surface area contributed by atoms with Crippen LogP contribution in [0.25, 0.3) is 0 Å². The fourth-order valence-electron chi connectivity index (χ4n) is 2.19. The van der Waals surface area contributed by atoms with Crippen molar-refractivity contribution < 1.29 is 4.74 Å². The van der Waals surface area contributed by atoms with Crippen molar-refractivity contribution in [1.82, 2.24) is 0 Å². The Labute approximate surface area is 90.6 Å². The Morgan fingerprint density at radius 2 is 2.13 bits per heavy atom. The first-order valence-corrected chi connectivity index (χ1v) is 5.95. The van der Waals surface area contributed by atoms with Crippen molar-refractivity contribution in [1.29, 1.82) is 0 Å². The van der Waals surface area contributed by atoms with E-state index in [1.165, 1.54) is 43.4 Å². The zero-order valence-electron chi connectivity index (χ0n) is 8.96. The van der Waals surface area contributed by atoms with Gasteiger partial charge in [-0.05, 0) is 43.7 Å². The summed E-state index contributed by atoms with van der Waals surface area (Å²) in [6.07, 6.45) is 6.71. The van der Waals surface area contributed by atoms with Crippen molar-refractivity contribution in [3.8, 4) is 5.75 Å². The predicted octanol–water partition coefficient (Wildman–Crippen LogP) is 2.98. The number of hydrogen-bond donors (Lipinski definition) is 1. The summed E-state index contributed by atoms with van der Waals surface area (Å²) in [5.41, 5.74) is 2.71. The largest absolute Gasteiger partial charge is 0.490 e. The van der Waals surface area contributed by atoms with E-state index in [-0.39, 0.29) is 0 Å². The van der Waals surface area contributed by atoms with Gasteiger partial charge in [-0.25, -0.2) is 0 Å². The molecule has 1 aliphatic heterocycles. The van der Waals surface area contributed by atoms with Crippen molar-refractivity contribution >= 4 is 5.69 Å². The molecule has 2 heteroatoms. The van der Waals surface area contributed by atoms with Crippen LogP contribution < -0.4 is 10.1 Å². The van der Waals surface area contributed by atoms with Gasteiger partial charge >= 0.3 is 0 Å². The highest BCUT2D eigenvalue weighted by atomic mass is 16.5. The smallest absolute Gasteiger partial charge is 0.121 e. The van der Waals surface area contributed by atoms with Crippen LogP contribution in [0.1, 0.15) is 31.2 Å². The van der Waals surface area contributed by atoms with Crippen LogP contribution in [-0.4, -0.2) is 12.6 Å². The van der Waals surface area contributed by atoms with Crippen LogP contribution in [0.5, 0.6) is 5.75 Å². The first-order chi connectivity index (χ1) is 7.42. The van der Waals surface area contributed by atoms with Gasteiger partial charge in [-0.2, -0.15) is 0 Å². The molecular formula is C13H17NO. The number of benzene rings is 1. The second-order valence-corrected chi connectivity index (χ2v) is 4.52. The lowest BCUT2D eigenvalue weighted by atomic mass is 9.96. The average molecular weight is 203 g/mol. The average Bonchev–Trinajstić information content (AvgIpc) is 2.23. The van der Waals surface area contributed by atoms with Crippen molar-refractivity contribution in [3.63, 3.8) is 0 Å². The molecule has 3 rings (SSSR count). The highest BCUT2D eigenvalue weighted by Gasteiger charge is 2.19. The van der Waals surface area contributed by atoms with Crippen molar-refractivity contribution in [2.75, 3.05) is 11.9 Å². The van der Waals surface area contributed by atoms with E-state index in [4.69, 9.17) is 4.74 Å². The molecular weight excluding hydrogens is 186 g/mol. The Hall–Kier alpha value is -1.18. The molecule has 1 N–H and O–H groups in total. The molecule has 1 aliphatic carbocycles. The molecule has 0 atom stereocenters. The third-order valence-electron chi connectivity index (χ3n) is 3.37. The summed E-state index contributed by atoms with van der Waals surface area (Å²) in [5, 5.41) is 3.43. The van der Waals surface area contributed by atoms with Gasteiger partial charge in [-0.15, -0.1) is 0 Å². The molecule has 0 radical (unpaired) electrons. The molecule has 0 unspecified atom stereocenters. The number of rotatable bonds is 2. The Morgan fingerprint density at radius 3 is 2.93 bits per heavy atom. The van der Waals surface area contributed by atoms with E-state index in [0.29, 0.717) is 6.10 Å². The van der Waals surface area contributed by atoms with E-state index in [9.17, 15) is 0 Å². The molecule has 1 heterocycles. The number of aryl methyl sites for hydroxylation is 1. The Morgan fingerprint density at radius 1 is 1.20 bits per heavy atom. The molecule has 80 valence electrons. The van der Waals surface area contributed by atoms with E-state index in [1.54, 1.807) is 0 Å². The van der Waals surface area contributed by atoms with Crippen molar-refractivity contribution in [2.45, 2.75) is 38.2 Å². The van der Waals surface area contributed by atoms with Gasteiger partial charge in [-0.3, -0.25) is 0 Å². The molecule has 1 fully saturated rings. The van der Waals surface area contributed by atoms with Crippen molar-refractivity contribution in [2.24, 2.45) is 0 Å². The molecule has 0 amide bonds. The van der Waals surface area contributed by atoms with Gasteiger partial charge in [0.05, 0.1) is 6.10 Å². The number of anilines is 1. The SMILES string of the molecule is c1cc2c(cc1OC1CCC1)NCCC2. The number of nitrogens with one attached hydrogen (secondary N) is 1. The van der Waals surface area contributed by atoms with Gasteiger partial charge in [0.25, 0.3) is 0 Å². The lowest BCUT2D eigenvalue weighted by Crippen LogP contribution is -2.24. The monoisotopic (exact) mass is 203 g/mol. The van der Waals surface area contributed by atoms with Gasteiger partial charge in [0.2, 0.25) is 0 Å². The van der Waals surface area contributed by atoms with E-state index in [0.717, 1.165) is 12.3 Å². The van der Waals surface area contributed by atoms with Crippen LogP contribution in [0.3, 0.4) is 0 Å². The number of ether oxygens (including phenoxy) is 1.